The van der Waals surface area contributed by atoms with Crippen molar-refractivity contribution in [2.75, 3.05) is 18.5 Å². The number of ether oxygens (including phenoxy) is 1. The Morgan fingerprint density at radius 3 is 2.86 bits per heavy atom. The summed E-state index contributed by atoms with van der Waals surface area (Å²) in [7, 11) is 0. The average Bonchev–Trinajstić information content (AvgIpc) is 2.50. The van der Waals surface area contributed by atoms with Gasteiger partial charge in [0.1, 0.15) is 0 Å². The first-order valence-electron chi connectivity index (χ1n) is 7.12. The van der Waals surface area contributed by atoms with E-state index in [-0.39, 0.29) is 17.9 Å². The van der Waals surface area contributed by atoms with Gasteiger partial charge in [-0.15, -0.1) is 0 Å². The summed E-state index contributed by atoms with van der Waals surface area (Å²) in [6, 6.07) is 4.86. The molecule has 1 heterocycles. The second kappa shape index (κ2) is 7.56. The third-order valence-corrected chi connectivity index (χ3v) is 4.02. The SMILES string of the molecule is CCOC(=O)c1ccc(NC(=O)C2CCCCN2)c(Br)c1. The maximum atomic E-state index is 12.2. The topological polar surface area (TPSA) is 67.4 Å². The molecule has 1 aliphatic heterocycles. The molecule has 1 amide bonds. The normalized spacial score (nSPS) is 18.1. The largest absolute Gasteiger partial charge is 0.462 e. The number of hydrogen-bond acceptors (Lipinski definition) is 4. The zero-order valence-corrected chi connectivity index (χ0v) is 13.5. The molecule has 0 saturated carbocycles. The lowest BCUT2D eigenvalue weighted by Gasteiger charge is -2.22. The highest BCUT2D eigenvalue weighted by molar-refractivity contribution is 9.10. The van der Waals surface area contributed by atoms with Gasteiger partial charge in [0, 0.05) is 4.47 Å². The van der Waals surface area contributed by atoms with Crippen molar-refractivity contribution >= 4 is 33.5 Å². The van der Waals surface area contributed by atoms with Crippen LogP contribution < -0.4 is 10.6 Å². The van der Waals surface area contributed by atoms with Crippen LogP contribution in [0.3, 0.4) is 0 Å². The Morgan fingerprint density at radius 1 is 1.43 bits per heavy atom. The third kappa shape index (κ3) is 4.28. The highest BCUT2D eigenvalue weighted by atomic mass is 79.9. The van der Waals surface area contributed by atoms with Gasteiger partial charge in [-0.05, 0) is 60.4 Å². The van der Waals surface area contributed by atoms with Crippen molar-refractivity contribution in [3.63, 3.8) is 0 Å². The summed E-state index contributed by atoms with van der Waals surface area (Å²) in [6.45, 7) is 2.97. The molecule has 1 saturated heterocycles. The minimum absolute atomic E-state index is 0.0423. The number of esters is 1. The van der Waals surface area contributed by atoms with Crippen LogP contribution in [0.1, 0.15) is 36.5 Å². The van der Waals surface area contributed by atoms with Crippen LogP contribution in [0.15, 0.2) is 22.7 Å². The molecule has 0 radical (unpaired) electrons. The summed E-state index contributed by atoms with van der Waals surface area (Å²) in [5.74, 6) is -0.413. The fourth-order valence-corrected chi connectivity index (χ4v) is 2.73. The van der Waals surface area contributed by atoms with Crippen LogP contribution in [-0.4, -0.2) is 31.1 Å². The smallest absolute Gasteiger partial charge is 0.338 e. The number of carbonyl (C=O) groups is 2. The number of benzene rings is 1. The van der Waals surface area contributed by atoms with E-state index in [1.165, 1.54) is 0 Å². The first kappa shape index (κ1) is 16.0. The first-order valence-corrected chi connectivity index (χ1v) is 7.92. The predicted octanol–water partition coefficient (Wildman–Crippen LogP) is 2.71. The van der Waals surface area contributed by atoms with Gasteiger partial charge in [-0.1, -0.05) is 6.42 Å². The van der Waals surface area contributed by atoms with E-state index in [2.05, 4.69) is 26.6 Å². The number of halogens is 1. The van der Waals surface area contributed by atoms with Gasteiger partial charge in [-0.2, -0.15) is 0 Å². The predicted molar refractivity (Wildman–Crippen MR) is 84.4 cm³/mol. The van der Waals surface area contributed by atoms with E-state index >= 15 is 0 Å². The number of carbonyl (C=O) groups excluding carboxylic acids is 2. The molecule has 1 aliphatic rings. The van der Waals surface area contributed by atoms with Gasteiger partial charge in [0.15, 0.2) is 0 Å². The van der Waals surface area contributed by atoms with Gasteiger partial charge >= 0.3 is 5.97 Å². The Labute approximate surface area is 132 Å². The van der Waals surface area contributed by atoms with E-state index < -0.39 is 0 Å². The molecule has 2 N–H and O–H groups in total. The Morgan fingerprint density at radius 2 is 2.24 bits per heavy atom. The number of nitrogens with one attached hydrogen (secondary N) is 2. The van der Waals surface area contributed by atoms with Gasteiger partial charge < -0.3 is 15.4 Å². The number of amides is 1. The van der Waals surface area contributed by atoms with Gasteiger partial charge in [-0.25, -0.2) is 4.79 Å². The lowest BCUT2D eigenvalue weighted by atomic mass is 10.0. The average molecular weight is 355 g/mol. The van der Waals surface area contributed by atoms with Gasteiger partial charge in [0.2, 0.25) is 5.91 Å². The van der Waals surface area contributed by atoms with Crippen molar-refractivity contribution in [1.82, 2.24) is 5.32 Å². The standard InChI is InChI=1S/C15H19BrN2O3/c1-2-21-15(20)10-6-7-12(11(16)9-10)18-14(19)13-5-3-4-8-17-13/h6-7,9,13,17H,2-5,8H2,1H3,(H,18,19). The van der Waals surface area contributed by atoms with Crippen LogP contribution in [0.25, 0.3) is 0 Å². The molecular formula is C15H19BrN2O3. The van der Waals surface area contributed by atoms with Gasteiger partial charge in [0.05, 0.1) is 23.9 Å². The van der Waals surface area contributed by atoms with Gasteiger partial charge in [-0.3, -0.25) is 4.79 Å². The minimum Gasteiger partial charge on any atom is -0.462 e. The number of anilines is 1. The molecule has 114 valence electrons. The lowest BCUT2D eigenvalue weighted by Crippen LogP contribution is -2.43. The number of piperidine rings is 1. The molecule has 2 rings (SSSR count). The maximum Gasteiger partial charge on any atom is 0.338 e. The molecule has 1 aromatic carbocycles. The number of rotatable bonds is 4. The second-order valence-electron chi connectivity index (χ2n) is 4.91. The Hall–Kier alpha value is -1.40. The molecule has 0 aromatic heterocycles. The summed E-state index contributed by atoms with van der Waals surface area (Å²) in [5, 5.41) is 6.08. The Kier molecular flexibility index (Phi) is 5.76. The molecule has 1 unspecified atom stereocenters. The molecule has 6 heteroatoms. The van der Waals surface area contributed by atoms with Crippen LogP contribution in [0.2, 0.25) is 0 Å². The molecule has 1 aromatic rings. The Bertz CT molecular complexity index is 528. The molecule has 1 fully saturated rings. The van der Waals surface area contributed by atoms with E-state index in [0.29, 0.717) is 22.3 Å². The Balaban J connectivity index is 2.03. The molecule has 0 bridgehead atoms. The second-order valence-corrected chi connectivity index (χ2v) is 5.76. The van der Waals surface area contributed by atoms with E-state index in [1.54, 1.807) is 25.1 Å². The fraction of sp³-hybridized carbons (Fsp3) is 0.467. The highest BCUT2D eigenvalue weighted by Gasteiger charge is 2.21. The minimum atomic E-state index is -0.370. The van der Waals surface area contributed by atoms with Crippen molar-refractivity contribution in [3.05, 3.63) is 28.2 Å². The van der Waals surface area contributed by atoms with Crippen molar-refractivity contribution in [3.8, 4) is 0 Å². The third-order valence-electron chi connectivity index (χ3n) is 3.36. The molecule has 21 heavy (non-hydrogen) atoms. The molecule has 0 spiro atoms. The zero-order chi connectivity index (χ0) is 15.2. The van der Waals surface area contributed by atoms with E-state index in [9.17, 15) is 9.59 Å². The summed E-state index contributed by atoms with van der Waals surface area (Å²) in [4.78, 5) is 23.8. The quantitative estimate of drug-likeness (QED) is 0.815. The summed E-state index contributed by atoms with van der Waals surface area (Å²) < 4.78 is 5.61. The van der Waals surface area contributed by atoms with Crippen LogP contribution in [0.4, 0.5) is 5.69 Å². The number of hydrogen-bond donors (Lipinski definition) is 2. The van der Waals surface area contributed by atoms with Crippen LogP contribution in [0, 0.1) is 0 Å². The summed E-state index contributed by atoms with van der Waals surface area (Å²) >= 11 is 3.38. The highest BCUT2D eigenvalue weighted by Crippen LogP contribution is 2.24. The van der Waals surface area contributed by atoms with Crippen LogP contribution in [-0.2, 0) is 9.53 Å². The van der Waals surface area contributed by atoms with Crippen molar-refractivity contribution in [1.29, 1.82) is 0 Å². The molecular weight excluding hydrogens is 336 g/mol. The van der Waals surface area contributed by atoms with E-state index in [1.807, 2.05) is 0 Å². The molecule has 5 nitrogen and oxygen atoms in total. The van der Waals surface area contributed by atoms with Crippen molar-refractivity contribution < 1.29 is 14.3 Å². The first-order chi connectivity index (χ1) is 10.1. The van der Waals surface area contributed by atoms with Crippen LogP contribution >= 0.6 is 15.9 Å². The lowest BCUT2D eigenvalue weighted by molar-refractivity contribution is -0.118. The van der Waals surface area contributed by atoms with E-state index in [4.69, 9.17) is 4.74 Å². The fourth-order valence-electron chi connectivity index (χ4n) is 2.25. The maximum absolute atomic E-state index is 12.2. The monoisotopic (exact) mass is 354 g/mol. The van der Waals surface area contributed by atoms with Crippen molar-refractivity contribution in [2.45, 2.75) is 32.2 Å². The van der Waals surface area contributed by atoms with Crippen molar-refractivity contribution in [2.24, 2.45) is 0 Å². The van der Waals surface area contributed by atoms with E-state index in [0.717, 1.165) is 25.8 Å². The summed E-state index contributed by atoms with van der Waals surface area (Å²) in [5.41, 5.74) is 1.11. The summed E-state index contributed by atoms with van der Waals surface area (Å²) in [6.07, 6.45) is 3.03. The molecule has 1 atom stereocenters. The van der Waals surface area contributed by atoms with Crippen LogP contribution in [0.5, 0.6) is 0 Å². The van der Waals surface area contributed by atoms with Gasteiger partial charge in [0.25, 0.3) is 0 Å². The molecule has 0 aliphatic carbocycles. The zero-order valence-electron chi connectivity index (χ0n) is 11.9.